The van der Waals surface area contributed by atoms with E-state index in [-0.39, 0.29) is 34.2 Å². The van der Waals surface area contributed by atoms with E-state index in [0.29, 0.717) is 5.69 Å². The number of amides is 1. The van der Waals surface area contributed by atoms with Crippen molar-refractivity contribution >= 4 is 33.2 Å². The summed E-state index contributed by atoms with van der Waals surface area (Å²) < 4.78 is 32.7. The second-order valence-corrected chi connectivity index (χ2v) is 7.82. The Kier molecular flexibility index (Phi) is 6.88. The minimum atomic E-state index is -3.77. The zero-order valence-electron chi connectivity index (χ0n) is 14.5. The molecule has 1 atom stereocenters. The summed E-state index contributed by atoms with van der Waals surface area (Å²) in [6.07, 6.45) is 0.813. The predicted molar refractivity (Wildman–Crippen MR) is 102 cm³/mol. The molecule has 6 nitrogen and oxygen atoms in total. The molecule has 0 bridgehead atoms. The maximum atomic E-state index is 12.4. The second kappa shape index (κ2) is 8.91. The average Bonchev–Trinajstić information content (AvgIpc) is 2.61. The first-order valence-corrected chi connectivity index (χ1v) is 9.97. The number of anilines is 1. The molecule has 0 unspecified atom stereocenters. The number of sulfonamides is 1. The summed E-state index contributed by atoms with van der Waals surface area (Å²) in [6, 6.07) is 12.7. The van der Waals surface area contributed by atoms with Crippen molar-refractivity contribution in [2.24, 2.45) is 0 Å². The third-order valence-electron chi connectivity index (χ3n) is 3.62. The normalized spacial score (nSPS) is 12.3. The van der Waals surface area contributed by atoms with E-state index in [1.165, 1.54) is 18.2 Å². The fourth-order valence-electron chi connectivity index (χ4n) is 2.05. The summed E-state index contributed by atoms with van der Waals surface area (Å²) in [6.45, 7) is 3.66. The van der Waals surface area contributed by atoms with Crippen molar-refractivity contribution < 1.29 is 17.9 Å². The van der Waals surface area contributed by atoms with Gasteiger partial charge in [-0.05, 0) is 43.7 Å². The highest BCUT2D eigenvalue weighted by atomic mass is 35.5. The van der Waals surface area contributed by atoms with Gasteiger partial charge < -0.3 is 10.1 Å². The van der Waals surface area contributed by atoms with Crippen LogP contribution in [-0.2, 0) is 14.8 Å². The first-order valence-electron chi connectivity index (χ1n) is 8.11. The molecule has 2 N–H and O–H groups in total. The van der Waals surface area contributed by atoms with Gasteiger partial charge in [0.1, 0.15) is 5.75 Å². The van der Waals surface area contributed by atoms with Gasteiger partial charge in [-0.2, -0.15) is 0 Å². The van der Waals surface area contributed by atoms with Crippen molar-refractivity contribution in [3.63, 3.8) is 0 Å². The number of hydrogen-bond acceptors (Lipinski definition) is 4. The van der Waals surface area contributed by atoms with Gasteiger partial charge in [-0.25, -0.2) is 8.42 Å². The van der Waals surface area contributed by atoms with Crippen LogP contribution in [-0.4, -0.2) is 27.0 Å². The molecule has 0 aliphatic rings. The lowest BCUT2D eigenvalue weighted by Gasteiger charge is -2.13. The highest BCUT2D eigenvalue weighted by Gasteiger charge is 2.17. The average molecular weight is 397 g/mol. The summed E-state index contributed by atoms with van der Waals surface area (Å²) >= 11 is 6.11. The molecule has 140 valence electrons. The van der Waals surface area contributed by atoms with Crippen LogP contribution >= 0.6 is 11.6 Å². The quantitative estimate of drug-likeness (QED) is 0.715. The van der Waals surface area contributed by atoms with Gasteiger partial charge in [0.25, 0.3) is 15.9 Å². The predicted octanol–water partition coefficient (Wildman–Crippen LogP) is 3.43. The van der Waals surface area contributed by atoms with Crippen LogP contribution in [0.15, 0.2) is 53.4 Å². The van der Waals surface area contributed by atoms with Crippen LogP contribution in [0.2, 0.25) is 5.02 Å². The van der Waals surface area contributed by atoms with Gasteiger partial charge in [0.15, 0.2) is 6.61 Å². The van der Waals surface area contributed by atoms with E-state index in [1.54, 1.807) is 30.3 Å². The van der Waals surface area contributed by atoms with E-state index in [4.69, 9.17) is 16.3 Å². The first-order chi connectivity index (χ1) is 12.3. The minimum Gasteiger partial charge on any atom is -0.482 e. The SMILES string of the molecule is CC[C@H](C)NC(=O)COc1ccc(S(=O)(=O)Nc2ccccc2)cc1Cl. The number of benzene rings is 2. The molecule has 8 heteroatoms. The van der Waals surface area contributed by atoms with Crippen molar-refractivity contribution in [3.05, 3.63) is 53.6 Å². The van der Waals surface area contributed by atoms with Crippen molar-refractivity contribution in [2.45, 2.75) is 31.2 Å². The number of hydrogen-bond donors (Lipinski definition) is 2. The van der Waals surface area contributed by atoms with E-state index >= 15 is 0 Å². The van der Waals surface area contributed by atoms with Crippen LogP contribution in [0.1, 0.15) is 20.3 Å². The number of para-hydroxylation sites is 1. The Hall–Kier alpha value is -2.25. The molecule has 1 amide bonds. The Labute approximate surface area is 158 Å². The molecule has 0 fully saturated rings. The molecule has 26 heavy (non-hydrogen) atoms. The maximum Gasteiger partial charge on any atom is 0.261 e. The molecule has 0 aromatic heterocycles. The fourth-order valence-corrected chi connectivity index (χ4v) is 3.43. The van der Waals surface area contributed by atoms with Gasteiger partial charge in [-0.1, -0.05) is 36.7 Å². The highest BCUT2D eigenvalue weighted by molar-refractivity contribution is 7.92. The summed E-state index contributed by atoms with van der Waals surface area (Å²) in [5, 5.41) is 2.88. The van der Waals surface area contributed by atoms with Crippen LogP contribution in [0, 0.1) is 0 Å². The molecule has 0 aliphatic carbocycles. The third-order valence-corrected chi connectivity index (χ3v) is 5.29. The molecule has 2 rings (SSSR count). The van der Waals surface area contributed by atoms with Gasteiger partial charge in [-0.3, -0.25) is 9.52 Å². The monoisotopic (exact) mass is 396 g/mol. The Bertz CT molecular complexity index is 857. The summed E-state index contributed by atoms with van der Waals surface area (Å²) in [5.74, 6) is -0.0255. The number of nitrogens with one attached hydrogen (secondary N) is 2. The largest absolute Gasteiger partial charge is 0.482 e. The number of ether oxygens (including phenoxy) is 1. The Morgan fingerprint density at radius 1 is 1.19 bits per heavy atom. The summed E-state index contributed by atoms with van der Waals surface area (Å²) in [5.41, 5.74) is 0.450. The molecule has 0 aliphatic heterocycles. The number of halogens is 1. The van der Waals surface area contributed by atoms with Gasteiger partial charge in [0.2, 0.25) is 0 Å². The van der Waals surface area contributed by atoms with Crippen LogP contribution in [0.4, 0.5) is 5.69 Å². The minimum absolute atomic E-state index is 0.00256. The number of carbonyl (C=O) groups is 1. The highest BCUT2D eigenvalue weighted by Crippen LogP contribution is 2.28. The van der Waals surface area contributed by atoms with E-state index in [1.807, 2.05) is 13.8 Å². The van der Waals surface area contributed by atoms with Crippen molar-refractivity contribution in [3.8, 4) is 5.75 Å². The lowest BCUT2D eigenvalue weighted by molar-refractivity contribution is -0.123. The van der Waals surface area contributed by atoms with Gasteiger partial charge >= 0.3 is 0 Å². The Balaban J connectivity index is 2.05. The molecule has 0 spiro atoms. The topological polar surface area (TPSA) is 84.5 Å². The second-order valence-electron chi connectivity index (χ2n) is 5.73. The van der Waals surface area contributed by atoms with E-state index in [0.717, 1.165) is 6.42 Å². The Morgan fingerprint density at radius 2 is 1.88 bits per heavy atom. The Morgan fingerprint density at radius 3 is 2.50 bits per heavy atom. The van der Waals surface area contributed by atoms with Crippen molar-refractivity contribution in [1.82, 2.24) is 5.32 Å². The number of carbonyl (C=O) groups excluding carboxylic acids is 1. The van der Waals surface area contributed by atoms with Gasteiger partial charge in [0, 0.05) is 11.7 Å². The van der Waals surface area contributed by atoms with Crippen LogP contribution in [0.25, 0.3) is 0 Å². The first kappa shape index (κ1) is 20.1. The smallest absolute Gasteiger partial charge is 0.261 e. The molecule has 0 heterocycles. The molecular weight excluding hydrogens is 376 g/mol. The van der Waals surface area contributed by atoms with E-state index < -0.39 is 10.0 Å². The fraction of sp³-hybridized carbons (Fsp3) is 0.278. The van der Waals surface area contributed by atoms with Gasteiger partial charge in [0.05, 0.1) is 9.92 Å². The van der Waals surface area contributed by atoms with Crippen LogP contribution in [0.5, 0.6) is 5.75 Å². The van der Waals surface area contributed by atoms with Crippen molar-refractivity contribution in [1.29, 1.82) is 0 Å². The van der Waals surface area contributed by atoms with E-state index in [9.17, 15) is 13.2 Å². The third kappa shape index (κ3) is 5.64. The molecular formula is C18H21ClN2O4S. The standard InChI is InChI=1S/C18H21ClN2O4S/c1-3-13(2)20-18(22)12-25-17-10-9-15(11-16(17)19)26(23,24)21-14-7-5-4-6-8-14/h4-11,13,21H,3,12H2,1-2H3,(H,20,22)/t13-/m0/s1. The molecule has 2 aromatic rings. The zero-order valence-corrected chi connectivity index (χ0v) is 16.1. The summed E-state index contributed by atoms with van der Waals surface area (Å²) in [7, 11) is -3.77. The zero-order chi connectivity index (χ0) is 19.2. The molecule has 0 saturated carbocycles. The molecule has 0 radical (unpaired) electrons. The van der Waals surface area contributed by atoms with Gasteiger partial charge in [-0.15, -0.1) is 0 Å². The molecule has 0 saturated heterocycles. The van der Waals surface area contributed by atoms with E-state index in [2.05, 4.69) is 10.0 Å². The number of rotatable bonds is 8. The van der Waals surface area contributed by atoms with Crippen LogP contribution < -0.4 is 14.8 Å². The lowest BCUT2D eigenvalue weighted by atomic mass is 10.2. The molecule has 2 aromatic carbocycles. The lowest BCUT2D eigenvalue weighted by Crippen LogP contribution is -2.35. The van der Waals surface area contributed by atoms with Crippen molar-refractivity contribution in [2.75, 3.05) is 11.3 Å². The maximum absolute atomic E-state index is 12.4. The summed E-state index contributed by atoms with van der Waals surface area (Å²) in [4.78, 5) is 11.7. The van der Waals surface area contributed by atoms with Crippen LogP contribution in [0.3, 0.4) is 0 Å².